The van der Waals surface area contributed by atoms with E-state index in [1.54, 1.807) is 17.0 Å². The van der Waals surface area contributed by atoms with Gasteiger partial charge in [-0.25, -0.2) is 9.37 Å². The minimum Gasteiger partial charge on any atom is -0.330 e. The highest BCUT2D eigenvalue weighted by molar-refractivity contribution is 6.31. The zero-order chi connectivity index (χ0) is 22.2. The van der Waals surface area contributed by atoms with Gasteiger partial charge in [0.15, 0.2) is 0 Å². The smallest absolute Gasteiger partial charge is 0.277 e. The van der Waals surface area contributed by atoms with E-state index in [1.165, 1.54) is 12.1 Å². The van der Waals surface area contributed by atoms with Gasteiger partial charge in [-0.2, -0.15) is 0 Å². The highest BCUT2D eigenvalue weighted by Crippen LogP contribution is 2.28. The Bertz CT molecular complexity index is 1490. The van der Waals surface area contributed by atoms with Gasteiger partial charge in [0.25, 0.3) is 5.56 Å². The van der Waals surface area contributed by atoms with Crippen LogP contribution in [0.15, 0.2) is 83.9 Å². The molecule has 0 aliphatic heterocycles. The highest BCUT2D eigenvalue weighted by Gasteiger charge is 2.19. The van der Waals surface area contributed by atoms with Gasteiger partial charge in [0.1, 0.15) is 16.9 Å². The molecular weight excluding hydrogens is 425 g/mol. The molecule has 0 aliphatic carbocycles. The number of halogens is 2. The largest absolute Gasteiger partial charge is 0.330 e. The SMILES string of the molecule is C[C@@H](Cn1cnc2c3cc(F)ccc3n(Cc3ccccc3Cl)c2c1=O)c1ccccc1. The maximum absolute atomic E-state index is 14.1. The maximum atomic E-state index is 14.1. The Morgan fingerprint density at radius 2 is 1.78 bits per heavy atom. The fourth-order valence-electron chi connectivity index (χ4n) is 4.25. The molecule has 0 saturated carbocycles. The molecule has 0 radical (unpaired) electrons. The minimum absolute atomic E-state index is 0.131. The predicted molar refractivity (Wildman–Crippen MR) is 127 cm³/mol. The van der Waals surface area contributed by atoms with E-state index in [4.69, 9.17) is 11.6 Å². The van der Waals surface area contributed by atoms with Crippen LogP contribution >= 0.6 is 11.6 Å². The highest BCUT2D eigenvalue weighted by atomic mass is 35.5. The van der Waals surface area contributed by atoms with E-state index in [2.05, 4.69) is 24.0 Å². The molecule has 32 heavy (non-hydrogen) atoms. The number of benzene rings is 3. The second kappa shape index (κ2) is 8.24. The minimum atomic E-state index is -0.363. The molecule has 0 N–H and O–H groups in total. The molecule has 5 rings (SSSR count). The van der Waals surface area contributed by atoms with Crippen LogP contribution in [0.25, 0.3) is 21.9 Å². The molecule has 0 spiro atoms. The molecular formula is C26H21ClFN3O. The molecule has 0 amide bonds. The van der Waals surface area contributed by atoms with Crippen molar-refractivity contribution in [3.05, 3.63) is 111 Å². The summed E-state index contributed by atoms with van der Waals surface area (Å²) in [7, 11) is 0. The summed E-state index contributed by atoms with van der Waals surface area (Å²) < 4.78 is 17.6. The quantitative estimate of drug-likeness (QED) is 0.333. The van der Waals surface area contributed by atoms with Crippen molar-refractivity contribution in [3.63, 3.8) is 0 Å². The van der Waals surface area contributed by atoms with Gasteiger partial charge >= 0.3 is 0 Å². The molecule has 2 heterocycles. The third-order valence-electron chi connectivity index (χ3n) is 5.91. The molecule has 160 valence electrons. The molecule has 0 unspecified atom stereocenters. The first-order valence-corrected chi connectivity index (χ1v) is 10.9. The summed E-state index contributed by atoms with van der Waals surface area (Å²) in [5.41, 5.74) is 3.58. The van der Waals surface area contributed by atoms with Gasteiger partial charge in [0.2, 0.25) is 0 Å². The van der Waals surface area contributed by atoms with E-state index < -0.39 is 0 Å². The van der Waals surface area contributed by atoms with Crippen molar-refractivity contribution in [2.75, 3.05) is 0 Å². The van der Waals surface area contributed by atoms with Crippen LogP contribution in [0.3, 0.4) is 0 Å². The van der Waals surface area contributed by atoms with Crippen molar-refractivity contribution in [2.45, 2.75) is 25.9 Å². The van der Waals surface area contributed by atoms with E-state index in [0.29, 0.717) is 34.5 Å². The number of fused-ring (bicyclic) bond motifs is 3. The van der Waals surface area contributed by atoms with E-state index >= 15 is 0 Å². The van der Waals surface area contributed by atoms with Crippen molar-refractivity contribution in [3.8, 4) is 0 Å². The number of nitrogens with zero attached hydrogens (tertiary/aromatic N) is 3. The van der Waals surface area contributed by atoms with Crippen LogP contribution in [-0.2, 0) is 13.1 Å². The second-order valence-corrected chi connectivity index (χ2v) is 8.46. The molecule has 3 aromatic carbocycles. The maximum Gasteiger partial charge on any atom is 0.277 e. The fraction of sp³-hybridized carbons (Fsp3) is 0.154. The summed E-state index contributed by atoms with van der Waals surface area (Å²) in [6.45, 7) is 2.97. The molecule has 6 heteroatoms. The average Bonchev–Trinajstić information content (AvgIpc) is 3.11. The molecule has 1 atom stereocenters. The summed E-state index contributed by atoms with van der Waals surface area (Å²) in [5, 5.41) is 1.24. The van der Waals surface area contributed by atoms with Gasteiger partial charge in [-0.1, -0.05) is 67.1 Å². The van der Waals surface area contributed by atoms with Crippen molar-refractivity contribution in [2.24, 2.45) is 0 Å². The van der Waals surface area contributed by atoms with Gasteiger partial charge in [-0.05, 0) is 41.3 Å². The molecule has 0 bridgehead atoms. The zero-order valence-electron chi connectivity index (χ0n) is 17.5. The number of hydrogen-bond acceptors (Lipinski definition) is 2. The molecule has 0 fully saturated rings. The molecule has 5 aromatic rings. The van der Waals surface area contributed by atoms with Gasteiger partial charge in [0, 0.05) is 23.5 Å². The van der Waals surface area contributed by atoms with Crippen LogP contribution in [0.5, 0.6) is 0 Å². The van der Waals surface area contributed by atoms with Crippen LogP contribution in [0.4, 0.5) is 4.39 Å². The van der Waals surface area contributed by atoms with E-state index in [9.17, 15) is 9.18 Å². The molecule has 0 aliphatic rings. The van der Waals surface area contributed by atoms with Gasteiger partial charge in [-0.3, -0.25) is 9.36 Å². The van der Waals surface area contributed by atoms with Crippen molar-refractivity contribution >= 4 is 33.5 Å². The molecule has 0 saturated heterocycles. The van der Waals surface area contributed by atoms with Gasteiger partial charge in [-0.15, -0.1) is 0 Å². The molecule has 4 nitrogen and oxygen atoms in total. The van der Waals surface area contributed by atoms with Crippen LogP contribution < -0.4 is 5.56 Å². The Morgan fingerprint density at radius 3 is 2.56 bits per heavy atom. The van der Waals surface area contributed by atoms with Gasteiger partial charge < -0.3 is 4.57 Å². The first-order chi connectivity index (χ1) is 15.5. The lowest BCUT2D eigenvalue weighted by Gasteiger charge is -2.14. The number of aromatic nitrogens is 3. The zero-order valence-corrected chi connectivity index (χ0v) is 18.3. The Morgan fingerprint density at radius 1 is 1.03 bits per heavy atom. The van der Waals surface area contributed by atoms with E-state index in [-0.39, 0.29) is 17.3 Å². The third-order valence-corrected chi connectivity index (χ3v) is 6.28. The molecule has 2 aromatic heterocycles. The van der Waals surface area contributed by atoms with Crippen molar-refractivity contribution in [1.29, 1.82) is 0 Å². The topological polar surface area (TPSA) is 39.8 Å². The van der Waals surface area contributed by atoms with Crippen molar-refractivity contribution in [1.82, 2.24) is 14.1 Å². The van der Waals surface area contributed by atoms with Crippen LogP contribution in [-0.4, -0.2) is 14.1 Å². The van der Waals surface area contributed by atoms with Crippen molar-refractivity contribution < 1.29 is 4.39 Å². The normalized spacial score (nSPS) is 12.5. The second-order valence-electron chi connectivity index (χ2n) is 8.05. The van der Waals surface area contributed by atoms with Crippen LogP contribution in [0.1, 0.15) is 24.0 Å². The lowest BCUT2D eigenvalue weighted by Crippen LogP contribution is -2.24. The standard InChI is InChI=1S/C26H21ClFN3O/c1-17(18-7-3-2-4-8-18)14-30-16-29-24-21-13-20(28)11-12-23(21)31(25(24)26(30)32)15-19-9-5-6-10-22(19)27/h2-13,16-17H,14-15H2,1H3/t17-/m0/s1. The average molecular weight is 446 g/mol. The van der Waals surface area contributed by atoms with E-state index in [1.807, 2.05) is 47.0 Å². The summed E-state index contributed by atoms with van der Waals surface area (Å²) in [4.78, 5) is 18.2. The summed E-state index contributed by atoms with van der Waals surface area (Å²) in [6, 6.07) is 22.1. The fourth-order valence-corrected chi connectivity index (χ4v) is 4.44. The Kier molecular flexibility index (Phi) is 5.27. The Balaban J connectivity index is 1.69. The summed E-state index contributed by atoms with van der Waals surface area (Å²) in [5.74, 6) is -0.232. The van der Waals surface area contributed by atoms with Gasteiger partial charge in [0.05, 0.1) is 11.8 Å². The first-order valence-electron chi connectivity index (χ1n) is 10.5. The summed E-state index contributed by atoms with van der Waals surface area (Å²) >= 11 is 6.40. The first kappa shape index (κ1) is 20.5. The lowest BCUT2D eigenvalue weighted by molar-refractivity contribution is 0.575. The Labute approximate surface area is 189 Å². The lowest BCUT2D eigenvalue weighted by atomic mass is 10.0. The monoisotopic (exact) mass is 445 g/mol. The summed E-state index contributed by atoms with van der Waals surface area (Å²) in [6.07, 6.45) is 1.56. The number of hydrogen-bond donors (Lipinski definition) is 0. The number of rotatable bonds is 5. The van der Waals surface area contributed by atoms with E-state index in [0.717, 1.165) is 16.6 Å². The third kappa shape index (κ3) is 3.59. The Hall–Kier alpha value is -3.44. The van der Waals surface area contributed by atoms with Crippen LogP contribution in [0, 0.1) is 5.82 Å². The predicted octanol–water partition coefficient (Wildman–Crippen LogP) is 6.00. The van der Waals surface area contributed by atoms with Crippen LogP contribution in [0.2, 0.25) is 5.02 Å².